The van der Waals surface area contributed by atoms with Gasteiger partial charge in [-0.2, -0.15) is 5.26 Å². The Hall–Kier alpha value is -2.48. The minimum absolute atomic E-state index is 0.0972. The van der Waals surface area contributed by atoms with Gasteiger partial charge in [0.15, 0.2) is 0 Å². The smallest absolute Gasteiger partial charge is 0.267 e. The molecule has 1 heterocycles. The van der Waals surface area contributed by atoms with E-state index < -0.39 is 5.91 Å². The van der Waals surface area contributed by atoms with Crippen LogP contribution in [-0.4, -0.2) is 29.0 Å². The van der Waals surface area contributed by atoms with Crippen molar-refractivity contribution in [3.05, 3.63) is 36.0 Å². The summed E-state index contributed by atoms with van der Waals surface area (Å²) in [5.41, 5.74) is 0.646. The van der Waals surface area contributed by atoms with Gasteiger partial charge in [0, 0.05) is 25.0 Å². The number of hydrogen-bond acceptors (Lipinski definition) is 4. The molecular formula is C15H17N3O2. The van der Waals surface area contributed by atoms with E-state index >= 15 is 0 Å². The standard InChI is InChI=1S/C15H17N3O2/c16-10-12(11-18-8-2-1-3-9-18)15(20)17-13-4-6-14(19)7-5-13/h4-7,11,19H,1-3,8-9H2,(H,17,20)/b12-11-. The molecule has 1 aromatic carbocycles. The molecule has 2 rings (SSSR count). The molecule has 1 aromatic rings. The van der Waals surface area contributed by atoms with Crippen LogP contribution < -0.4 is 5.32 Å². The summed E-state index contributed by atoms with van der Waals surface area (Å²) in [5, 5.41) is 20.9. The molecule has 0 atom stereocenters. The number of likely N-dealkylation sites (tertiary alicyclic amines) is 1. The Kier molecular flexibility index (Phi) is 4.61. The number of hydrogen-bond donors (Lipinski definition) is 2. The maximum absolute atomic E-state index is 12.0. The van der Waals surface area contributed by atoms with Crippen molar-refractivity contribution in [3.63, 3.8) is 0 Å². The van der Waals surface area contributed by atoms with Crippen LogP contribution in [-0.2, 0) is 4.79 Å². The molecule has 1 aliphatic rings. The van der Waals surface area contributed by atoms with Gasteiger partial charge in [0.2, 0.25) is 0 Å². The Morgan fingerprint density at radius 1 is 1.25 bits per heavy atom. The van der Waals surface area contributed by atoms with E-state index in [1.165, 1.54) is 18.6 Å². The van der Waals surface area contributed by atoms with Gasteiger partial charge in [-0.3, -0.25) is 4.79 Å². The number of amides is 1. The van der Waals surface area contributed by atoms with E-state index in [1.807, 2.05) is 11.0 Å². The summed E-state index contributed by atoms with van der Waals surface area (Å²) in [6.45, 7) is 1.77. The molecule has 0 bridgehead atoms. The Balaban J connectivity index is 2.03. The lowest BCUT2D eigenvalue weighted by Crippen LogP contribution is -2.26. The number of nitrogens with zero attached hydrogens (tertiary/aromatic N) is 2. The fourth-order valence-electron chi connectivity index (χ4n) is 2.11. The van der Waals surface area contributed by atoms with E-state index in [9.17, 15) is 9.90 Å². The van der Waals surface area contributed by atoms with Crippen molar-refractivity contribution in [1.82, 2.24) is 4.90 Å². The normalized spacial score (nSPS) is 15.6. The molecule has 2 N–H and O–H groups in total. The third-order valence-electron chi connectivity index (χ3n) is 3.19. The maximum atomic E-state index is 12.0. The Morgan fingerprint density at radius 3 is 2.50 bits per heavy atom. The van der Waals surface area contributed by atoms with Crippen LogP contribution in [0.15, 0.2) is 36.0 Å². The van der Waals surface area contributed by atoms with Crippen LogP contribution in [0.3, 0.4) is 0 Å². The highest BCUT2D eigenvalue weighted by Gasteiger charge is 2.13. The van der Waals surface area contributed by atoms with E-state index in [0.29, 0.717) is 5.69 Å². The number of phenolic OH excluding ortho intramolecular Hbond substituents is 1. The molecule has 0 aromatic heterocycles. The van der Waals surface area contributed by atoms with E-state index in [4.69, 9.17) is 5.26 Å². The summed E-state index contributed by atoms with van der Waals surface area (Å²) in [6, 6.07) is 8.08. The second-order valence-corrected chi connectivity index (χ2v) is 4.75. The van der Waals surface area contributed by atoms with Crippen molar-refractivity contribution in [2.45, 2.75) is 19.3 Å². The molecule has 1 fully saturated rings. The molecule has 1 saturated heterocycles. The Labute approximate surface area is 118 Å². The Bertz CT molecular complexity index is 537. The van der Waals surface area contributed by atoms with E-state index in [0.717, 1.165) is 25.9 Å². The number of aromatic hydroxyl groups is 1. The lowest BCUT2D eigenvalue weighted by molar-refractivity contribution is -0.112. The van der Waals surface area contributed by atoms with Gasteiger partial charge in [0.25, 0.3) is 5.91 Å². The van der Waals surface area contributed by atoms with Crippen LogP contribution >= 0.6 is 0 Å². The van der Waals surface area contributed by atoms with Gasteiger partial charge in [-0.05, 0) is 43.5 Å². The van der Waals surface area contributed by atoms with Crippen molar-refractivity contribution in [3.8, 4) is 11.8 Å². The molecule has 0 aliphatic carbocycles. The predicted octanol–water partition coefficient (Wildman–Crippen LogP) is 2.22. The molecule has 20 heavy (non-hydrogen) atoms. The highest BCUT2D eigenvalue weighted by Crippen LogP contribution is 2.15. The zero-order valence-corrected chi connectivity index (χ0v) is 11.2. The van der Waals surface area contributed by atoms with Crippen molar-refractivity contribution in [2.24, 2.45) is 0 Å². The number of phenols is 1. The monoisotopic (exact) mass is 271 g/mol. The number of piperidine rings is 1. The van der Waals surface area contributed by atoms with Gasteiger partial charge in [-0.25, -0.2) is 0 Å². The highest BCUT2D eigenvalue weighted by molar-refractivity contribution is 6.06. The second-order valence-electron chi connectivity index (χ2n) is 4.75. The topological polar surface area (TPSA) is 76.4 Å². The van der Waals surface area contributed by atoms with E-state index in [-0.39, 0.29) is 11.3 Å². The van der Waals surface area contributed by atoms with Crippen LogP contribution in [0.2, 0.25) is 0 Å². The molecule has 0 saturated carbocycles. The van der Waals surface area contributed by atoms with Crippen LogP contribution in [0.1, 0.15) is 19.3 Å². The van der Waals surface area contributed by atoms with Gasteiger partial charge < -0.3 is 15.3 Å². The van der Waals surface area contributed by atoms with Crippen LogP contribution in [0.4, 0.5) is 5.69 Å². The summed E-state index contributed by atoms with van der Waals surface area (Å²) in [5.74, 6) is -0.295. The van der Waals surface area contributed by atoms with Crippen molar-refractivity contribution >= 4 is 11.6 Å². The Morgan fingerprint density at radius 2 is 1.90 bits per heavy atom. The number of carbonyl (C=O) groups excluding carboxylic acids is 1. The average Bonchev–Trinajstić information content (AvgIpc) is 2.48. The quantitative estimate of drug-likeness (QED) is 0.502. The molecule has 5 heteroatoms. The van der Waals surface area contributed by atoms with Crippen molar-refractivity contribution in [2.75, 3.05) is 18.4 Å². The van der Waals surface area contributed by atoms with Crippen LogP contribution in [0, 0.1) is 11.3 Å². The molecular weight excluding hydrogens is 254 g/mol. The maximum Gasteiger partial charge on any atom is 0.267 e. The zero-order valence-electron chi connectivity index (χ0n) is 11.2. The average molecular weight is 271 g/mol. The van der Waals surface area contributed by atoms with E-state index in [2.05, 4.69) is 5.32 Å². The number of nitrogens with one attached hydrogen (secondary N) is 1. The lowest BCUT2D eigenvalue weighted by Gasteiger charge is -2.25. The number of anilines is 1. The van der Waals surface area contributed by atoms with Crippen LogP contribution in [0.25, 0.3) is 0 Å². The summed E-state index contributed by atoms with van der Waals surface area (Å²) < 4.78 is 0. The van der Waals surface area contributed by atoms with Gasteiger partial charge in [0.1, 0.15) is 17.4 Å². The van der Waals surface area contributed by atoms with Crippen LogP contribution in [0.5, 0.6) is 5.75 Å². The van der Waals surface area contributed by atoms with Gasteiger partial charge in [0.05, 0.1) is 0 Å². The molecule has 104 valence electrons. The number of benzene rings is 1. The third-order valence-corrected chi connectivity index (χ3v) is 3.19. The van der Waals surface area contributed by atoms with E-state index in [1.54, 1.807) is 18.3 Å². The first kappa shape index (κ1) is 13.9. The summed E-state index contributed by atoms with van der Waals surface area (Å²) in [7, 11) is 0. The SMILES string of the molecule is N#C/C(=C/N1CCCCC1)C(=O)Nc1ccc(O)cc1. The van der Waals surface area contributed by atoms with Crippen molar-refractivity contribution in [1.29, 1.82) is 5.26 Å². The first-order valence-electron chi connectivity index (χ1n) is 6.65. The molecule has 0 unspecified atom stereocenters. The fraction of sp³-hybridized carbons (Fsp3) is 0.333. The second kappa shape index (κ2) is 6.62. The molecule has 5 nitrogen and oxygen atoms in total. The third kappa shape index (κ3) is 3.75. The number of carbonyl (C=O) groups is 1. The summed E-state index contributed by atoms with van der Waals surface area (Å²) >= 11 is 0. The first-order chi connectivity index (χ1) is 9.69. The molecule has 0 radical (unpaired) electrons. The van der Waals surface area contributed by atoms with Crippen molar-refractivity contribution < 1.29 is 9.90 Å². The first-order valence-corrected chi connectivity index (χ1v) is 6.65. The molecule has 1 aliphatic heterocycles. The molecule has 1 amide bonds. The highest BCUT2D eigenvalue weighted by atomic mass is 16.3. The fourth-order valence-corrected chi connectivity index (χ4v) is 2.11. The summed E-state index contributed by atoms with van der Waals surface area (Å²) in [4.78, 5) is 14.0. The largest absolute Gasteiger partial charge is 0.508 e. The van der Waals surface area contributed by atoms with Gasteiger partial charge in [-0.1, -0.05) is 0 Å². The zero-order chi connectivity index (χ0) is 14.4. The molecule has 0 spiro atoms. The summed E-state index contributed by atoms with van der Waals surface area (Å²) in [6.07, 6.45) is 5.02. The number of rotatable bonds is 3. The predicted molar refractivity (Wildman–Crippen MR) is 75.9 cm³/mol. The number of nitriles is 1. The minimum atomic E-state index is -0.427. The lowest BCUT2D eigenvalue weighted by atomic mass is 10.1. The van der Waals surface area contributed by atoms with Gasteiger partial charge in [-0.15, -0.1) is 0 Å². The van der Waals surface area contributed by atoms with Gasteiger partial charge >= 0.3 is 0 Å². The minimum Gasteiger partial charge on any atom is -0.508 e.